The van der Waals surface area contributed by atoms with E-state index in [2.05, 4.69) is 48.2 Å². The molecule has 0 bridgehead atoms. The van der Waals surface area contributed by atoms with Gasteiger partial charge in [0.05, 0.1) is 13.2 Å². The zero-order chi connectivity index (χ0) is 13.1. The number of benzene rings is 2. The third-order valence-corrected chi connectivity index (χ3v) is 3.59. The van der Waals surface area contributed by atoms with E-state index in [4.69, 9.17) is 4.74 Å². The molecule has 0 saturated carbocycles. The number of para-hydroxylation sites is 1. The van der Waals surface area contributed by atoms with Crippen molar-refractivity contribution in [3.8, 4) is 11.1 Å². The molecule has 1 aliphatic rings. The summed E-state index contributed by atoms with van der Waals surface area (Å²) in [5.74, 6) is 0. The molecule has 1 aliphatic heterocycles. The molecular weight excluding hydrogens is 234 g/mol. The van der Waals surface area contributed by atoms with Crippen LogP contribution in [0, 0.1) is 13.0 Å². The molecule has 0 aromatic heterocycles. The third kappa shape index (κ3) is 2.49. The first-order chi connectivity index (χ1) is 9.36. The smallest absolute Gasteiger partial charge is 0.0642 e. The minimum Gasteiger partial charge on any atom is -0.378 e. The van der Waals surface area contributed by atoms with Crippen molar-refractivity contribution in [2.75, 3.05) is 31.2 Å². The van der Waals surface area contributed by atoms with Crippen molar-refractivity contribution in [3.05, 3.63) is 54.1 Å². The summed E-state index contributed by atoms with van der Waals surface area (Å²) in [5.41, 5.74) is 5.02. The maximum Gasteiger partial charge on any atom is 0.0642 e. The Morgan fingerprint density at radius 3 is 2.63 bits per heavy atom. The summed E-state index contributed by atoms with van der Waals surface area (Å²) in [5, 5.41) is 0. The number of ether oxygens (including phenoxy) is 1. The highest BCUT2D eigenvalue weighted by atomic mass is 16.5. The van der Waals surface area contributed by atoms with Gasteiger partial charge >= 0.3 is 0 Å². The van der Waals surface area contributed by atoms with Crippen LogP contribution in [0.2, 0.25) is 0 Å². The molecule has 0 N–H and O–H groups in total. The van der Waals surface area contributed by atoms with Crippen molar-refractivity contribution >= 4 is 5.69 Å². The zero-order valence-electron chi connectivity index (χ0n) is 11.2. The Hall–Kier alpha value is -1.80. The van der Waals surface area contributed by atoms with Crippen molar-refractivity contribution < 1.29 is 4.74 Å². The average Bonchev–Trinajstić information content (AvgIpc) is 2.49. The van der Waals surface area contributed by atoms with Crippen molar-refractivity contribution in [1.29, 1.82) is 0 Å². The van der Waals surface area contributed by atoms with Crippen LogP contribution in [0.1, 0.15) is 5.56 Å². The fraction of sp³-hybridized carbons (Fsp3) is 0.294. The van der Waals surface area contributed by atoms with Gasteiger partial charge in [-0.25, -0.2) is 0 Å². The number of hydrogen-bond acceptors (Lipinski definition) is 2. The van der Waals surface area contributed by atoms with E-state index >= 15 is 0 Å². The molecule has 0 unspecified atom stereocenters. The summed E-state index contributed by atoms with van der Waals surface area (Å²) >= 11 is 0. The average molecular weight is 252 g/mol. The lowest BCUT2D eigenvalue weighted by atomic mass is 9.98. The lowest BCUT2D eigenvalue weighted by Crippen LogP contribution is -2.36. The first kappa shape index (κ1) is 12.2. The van der Waals surface area contributed by atoms with Gasteiger partial charge in [-0.2, -0.15) is 0 Å². The molecule has 97 valence electrons. The standard InChI is InChI=1S/C17H18NO/c1-14-6-2-3-7-15(14)16-8-4-5-9-17(16)18-10-12-19-13-11-18/h2-6,8-9H,10-13H2,1H3. The number of anilines is 1. The Labute approximate surface area is 114 Å². The first-order valence-electron chi connectivity index (χ1n) is 6.75. The number of morpholine rings is 1. The highest BCUT2D eigenvalue weighted by molar-refractivity contribution is 5.80. The van der Waals surface area contributed by atoms with Crippen molar-refractivity contribution in [2.24, 2.45) is 0 Å². The molecule has 2 nitrogen and oxygen atoms in total. The Morgan fingerprint density at radius 2 is 1.84 bits per heavy atom. The lowest BCUT2D eigenvalue weighted by molar-refractivity contribution is 0.123. The number of rotatable bonds is 2. The van der Waals surface area contributed by atoms with Gasteiger partial charge in [0.15, 0.2) is 0 Å². The molecule has 1 radical (unpaired) electrons. The van der Waals surface area contributed by atoms with E-state index in [1.165, 1.54) is 22.4 Å². The second-order valence-corrected chi connectivity index (χ2v) is 4.84. The van der Waals surface area contributed by atoms with Gasteiger partial charge in [0, 0.05) is 24.3 Å². The maximum atomic E-state index is 5.44. The summed E-state index contributed by atoms with van der Waals surface area (Å²) in [4.78, 5) is 2.40. The second-order valence-electron chi connectivity index (χ2n) is 4.84. The normalized spacial score (nSPS) is 15.5. The Balaban J connectivity index is 2.04. The van der Waals surface area contributed by atoms with Gasteiger partial charge < -0.3 is 9.64 Å². The van der Waals surface area contributed by atoms with E-state index in [0.29, 0.717) is 0 Å². The number of nitrogens with zero attached hydrogens (tertiary/aromatic N) is 1. The summed E-state index contributed by atoms with van der Waals surface area (Å²) in [7, 11) is 0. The van der Waals surface area contributed by atoms with Crippen LogP contribution in [0.3, 0.4) is 0 Å². The van der Waals surface area contributed by atoms with Crippen LogP contribution >= 0.6 is 0 Å². The molecule has 1 heterocycles. The highest BCUT2D eigenvalue weighted by Gasteiger charge is 2.15. The maximum absolute atomic E-state index is 5.44. The Kier molecular flexibility index (Phi) is 3.51. The fourth-order valence-corrected chi connectivity index (χ4v) is 2.58. The molecule has 19 heavy (non-hydrogen) atoms. The Morgan fingerprint density at radius 1 is 1.05 bits per heavy atom. The van der Waals surface area contributed by atoms with Crippen LogP contribution < -0.4 is 4.90 Å². The van der Waals surface area contributed by atoms with Gasteiger partial charge in [0.2, 0.25) is 0 Å². The highest BCUT2D eigenvalue weighted by Crippen LogP contribution is 2.32. The molecule has 0 amide bonds. The Bertz CT molecular complexity index is 559. The molecule has 0 aliphatic carbocycles. The molecule has 2 aromatic carbocycles. The molecular formula is C17H18NO. The van der Waals surface area contributed by atoms with Gasteiger partial charge in [-0.05, 0) is 30.2 Å². The molecule has 0 atom stereocenters. The van der Waals surface area contributed by atoms with Crippen LogP contribution in [-0.2, 0) is 4.74 Å². The first-order valence-corrected chi connectivity index (χ1v) is 6.75. The SMILES string of the molecule is Cc1ccc[c]c1-c1ccccc1N1CCOCC1. The predicted octanol–water partition coefficient (Wildman–Crippen LogP) is 3.30. The van der Waals surface area contributed by atoms with E-state index < -0.39 is 0 Å². The monoisotopic (exact) mass is 252 g/mol. The van der Waals surface area contributed by atoms with E-state index in [-0.39, 0.29) is 0 Å². The minimum absolute atomic E-state index is 0.811. The summed E-state index contributed by atoms with van der Waals surface area (Å²) < 4.78 is 5.44. The van der Waals surface area contributed by atoms with Gasteiger partial charge in [0.1, 0.15) is 0 Å². The predicted molar refractivity (Wildman–Crippen MR) is 78.5 cm³/mol. The van der Waals surface area contributed by atoms with Crippen LogP contribution in [0.4, 0.5) is 5.69 Å². The van der Waals surface area contributed by atoms with E-state index in [1.807, 2.05) is 12.1 Å². The zero-order valence-corrected chi connectivity index (χ0v) is 11.2. The summed E-state index contributed by atoms with van der Waals surface area (Å²) in [6.45, 7) is 5.69. The van der Waals surface area contributed by atoms with Crippen LogP contribution in [0.25, 0.3) is 11.1 Å². The molecule has 1 fully saturated rings. The fourth-order valence-electron chi connectivity index (χ4n) is 2.58. The van der Waals surface area contributed by atoms with Gasteiger partial charge in [0.25, 0.3) is 0 Å². The molecule has 2 heteroatoms. The number of aryl methyl sites for hydroxylation is 1. The topological polar surface area (TPSA) is 12.5 Å². The van der Waals surface area contributed by atoms with E-state index in [0.717, 1.165) is 26.3 Å². The van der Waals surface area contributed by atoms with E-state index in [1.54, 1.807) is 0 Å². The second kappa shape index (κ2) is 5.45. The molecule has 2 aromatic rings. The van der Waals surface area contributed by atoms with Crippen molar-refractivity contribution in [2.45, 2.75) is 6.92 Å². The largest absolute Gasteiger partial charge is 0.378 e. The van der Waals surface area contributed by atoms with Gasteiger partial charge in [-0.15, -0.1) is 0 Å². The summed E-state index contributed by atoms with van der Waals surface area (Å²) in [6.07, 6.45) is 0. The van der Waals surface area contributed by atoms with E-state index in [9.17, 15) is 0 Å². The molecule has 1 saturated heterocycles. The molecule has 0 spiro atoms. The third-order valence-electron chi connectivity index (χ3n) is 3.59. The van der Waals surface area contributed by atoms with Gasteiger partial charge in [-0.3, -0.25) is 0 Å². The summed E-state index contributed by atoms with van der Waals surface area (Å²) in [6, 6.07) is 18.1. The van der Waals surface area contributed by atoms with Crippen LogP contribution in [-0.4, -0.2) is 26.3 Å². The minimum atomic E-state index is 0.811. The van der Waals surface area contributed by atoms with Gasteiger partial charge in [-0.1, -0.05) is 36.4 Å². The van der Waals surface area contributed by atoms with Crippen LogP contribution in [0.15, 0.2) is 42.5 Å². The van der Waals surface area contributed by atoms with Crippen molar-refractivity contribution in [3.63, 3.8) is 0 Å². The molecule has 3 rings (SSSR count). The quantitative estimate of drug-likeness (QED) is 0.813. The lowest BCUT2D eigenvalue weighted by Gasteiger charge is -2.30. The number of hydrogen-bond donors (Lipinski definition) is 0. The van der Waals surface area contributed by atoms with Crippen LogP contribution in [0.5, 0.6) is 0 Å². The van der Waals surface area contributed by atoms with Crippen molar-refractivity contribution in [1.82, 2.24) is 0 Å².